The molecular formula is C22H17FN6O2. The Morgan fingerprint density at radius 1 is 1.06 bits per heavy atom. The lowest BCUT2D eigenvalue weighted by atomic mass is 10.1. The second kappa shape index (κ2) is 8.04. The maximum absolute atomic E-state index is 13.1. The zero-order valence-corrected chi connectivity index (χ0v) is 16.2. The van der Waals surface area contributed by atoms with Gasteiger partial charge in [-0.05, 0) is 42.5 Å². The summed E-state index contributed by atoms with van der Waals surface area (Å²) in [4.78, 5) is 21.1. The van der Waals surface area contributed by atoms with E-state index in [9.17, 15) is 9.18 Å². The number of ether oxygens (including phenoxy) is 1. The predicted octanol–water partition coefficient (Wildman–Crippen LogP) is 2.83. The van der Waals surface area contributed by atoms with E-state index >= 15 is 0 Å². The molecule has 1 aliphatic heterocycles. The number of anilines is 1. The molecule has 2 aromatic carbocycles. The summed E-state index contributed by atoms with van der Waals surface area (Å²) >= 11 is 0. The quantitative estimate of drug-likeness (QED) is 0.516. The van der Waals surface area contributed by atoms with E-state index in [0.717, 1.165) is 24.0 Å². The molecule has 154 valence electrons. The minimum atomic E-state index is -0.406. The molecule has 0 radical (unpaired) electrons. The lowest BCUT2D eigenvalue weighted by molar-refractivity contribution is 0.102. The van der Waals surface area contributed by atoms with Crippen LogP contribution in [0.2, 0.25) is 0 Å². The van der Waals surface area contributed by atoms with Crippen LogP contribution in [0.25, 0.3) is 22.2 Å². The number of hydrogen-bond acceptors (Lipinski definition) is 7. The fourth-order valence-electron chi connectivity index (χ4n) is 3.12. The first-order valence-electron chi connectivity index (χ1n) is 9.68. The van der Waals surface area contributed by atoms with E-state index < -0.39 is 11.7 Å². The van der Waals surface area contributed by atoms with Gasteiger partial charge in [-0.3, -0.25) is 9.78 Å². The number of nitrogens with one attached hydrogen (secondary N) is 2. The second-order valence-corrected chi connectivity index (χ2v) is 7.10. The average Bonchev–Trinajstić information content (AvgIpc) is 2.76. The Hall–Kier alpha value is -3.98. The van der Waals surface area contributed by atoms with Crippen LogP contribution in [0, 0.1) is 5.82 Å². The summed E-state index contributed by atoms with van der Waals surface area (Å²) in [5.74, 6) is -0.0358. The molecule has 0 unspecified atom stereocenters. The summed E-state index contributed by atoms with van der Waals surface area (Å²) in [6, 6.07) is 12.6. The van der Waals surface area contributed by atoms with Gasteiger partial charge in [0, 0.05) is 29.6 Å². The molecule has 0 atom stereocenters. The summed E-state index contributed by atoms with van der Waals surface area (Å²) in [6.07, 6.45) is 3.37. The number of halogens is 1. The van der Waals surface area contributed by atoms with Crippen molar-refractivity contribution in [1.82, 2.24) is 25.5 Å². The van der Waals surface area contributed by atoms with Crippen LogP contribution in [-0.2, 0) is 0 Å². The van der Waals surface area contributed by atoms with Gasteiger partial charge in [-0.2, -0.15) is 0 Å². The van der Waals surface area contributed by atoms with Gasteiger partial charge < -0.3 is 15.4 Å². The molecule has 0 spiro atoms. The number of hydrogen-bond donors (Lipinski definition) is 2. The number of rotatable bonds is 5. The highest BCUT2D eigenvalue weighted by Gasteiger charge is 2.19. The van der Waals surface area contributed by atoms with E-state index in [1.54, 1.807) is 18.5 Å². The first kappa shape index (κ1) is 19.0. The second-order valence-electron chi connectivity index (χ2n) is 7.10. The molecule has 4 aromatic rings. The molecule has 1 amide bonds. The molecule has 1 saturated heterocycles. The topological polar surface area (TPSA) is 102 Å². The van der Waals surface area contributed by atoms with Crippen molar-refractivity contribution < 1.29 is 13.9 Å². The summed E-state index contributed by atoms with van der Waals surface area (Å²) in [6.45, 7) is 1.60. The summed E-state index contributed by atoms with van der Waals surface area (Å²) in [7, 11) is 0. The standard InChI is InChI=1S/C22H17FN6O2/c23-16-4-1-13(2-5-16)22(30)27-20-8-15-7-14(3-6-18(15)28-29-20)19-11-25-12-21(26-19)31-17-9-24-10-17/h1-8,11-12,17,24H,9-10H2,(H,27,29,30). The van der Waals surface area contributed by atoms with Gasteiger partial charge in [-0.1, -0.05) is 6.07 Å². The maximum Gasteiger partial charge on any atom is 0.256 e. The van der Waals surface area contributed by atoms with Gasteiger partial charge in [0.15, 0.2) is 5.82 Å². The van der Waals surface area contributed by atoms with Gasteiger partial charge in [-0.25, -0.2) is 9.37 Å². The predicted molar refractivity (Wildman–Crippen MR) is 112 cm³/mol. The Morgan fingerprint density at radius 2 is 1.90 bits per heavy atom. The fourth-order valence-corrected chi connectivity index (χ4v) is 3.12. The number of amides is 1. The van der Waals surface area contributed by atoms with E-state index in [1.807, 2.05) is 18.2 Å². The lowest BCUT2D eigenvalue weighted by Gasteiger charge is -2.27. The summed E-state index contributed by atoms with van der Waals surface area (Å²) < 4.78 is 18.8. The molecular weight excluding hydrogens is 399 g/mol. The monoisotopic (exact) mass is 416 g/mol. The van der Waals surface area contributed by atoms with Crippen LogP contribution in [0.4, 0.5) is 10.2 Å². The van der Waals surface area contributed by atoms with Crippen molar-refractivity contribution in [3.05, 3.63) is 72.3 Å². The molecule has 8 nitrogen and oxygen atoms in total. The van der Waals surface area contributed by atoms with Crippen molar-refractivity contribution in [2.45, 2.75) is 6.10 Å². The zero-order chi connectivity index (χ0) is 21.2. The Bertz CT molecular complexity index is 1260. The van der Waals surface area contributed by atoms with E-state index in [1.165, 1.54) is 24.3 Å². The van der Waals surface area contributed by atoms with Crippen molar-refractivity contribution >= 4 is 22.6 Å². The SMILES string of the molecule is O=C(Nc1cc2cc(-c3cncc(OC4CNC4)n3)ccc2nn1)c1ccc(F)cc1. The molecule has 9 heteroatoms. The number of carbonyl (C=O) groups is 1. The van der Waals surface area contributed by atoms with Gasteiger partial charge in [0.05, 0.1) is 23.6 Å². The molecule has 3 heterocycles. The van der Waals surface area contributed by atoms with E-state index in [2.05, 4.69) is 30.8 Å². The van der Waals surface area contributed by atoms with Gasteiger partial charge in [-0.15, -0.1) is 10.2 Å². The van der Waals surface area contributed by atoms with Crippen LogP contribution in [0.3, 0.4) is 0 Å². The summed E-state index contributed by atoms with van der Waals surface area (Å²) in [5.41, 5.74) is 2.50. The highest BCUT2D eigenvalue weighted by molar-refractivity contribution is 6.04. The van der Waals surface area contributed by atoms with Crippen LogP contribution in [0.15, 0.2) is 60.9 Å². The molecule has 0 bridgehead atoms. The van der Waals surface area contributed by atoms with Gasteiger partial charge >= 0.3 is 0 Å². The normalized spacial score (nSPS) is 13.6. The molecule has 31 heavy (non-hydrogen) atoms. The molecule has 0 saturated carbocycles. The van der Waals surface area contributed by atoms with Crippen molar-refractivity contribution in [3.8, 4) is 17.1 Å². The molecule has 2 aromatic heterocycles. The van der Waals surface area contributed by atoms with Crippen molar-refractivity contribution in [2.24, 2.45) is 0 Å². The Morgan fingerprint density at radius 3 is 2.68 bits per heavy atom. The lowest BCUT2D eigenvalue weighted by Crippen LogP contribution is -2.50. The minimum Gasteiger partial charge on any atom is -0.471 e. The van der Waals surface area contributed by atoms with Crippen LogP contribution in [0.5, 0.6) is 5.88 Å². The van der Waals surface area contributed by atoms with Crippen molar-refractivity contribution in [3.63, 3.8) is 0 Å². The first-order chi connectivity index (χ1) is 15.1. The highest BCUT2D eigenvalue weighted by atomic mass is 19.1. The molecule has 0 aliphatic carbocycles. The summed E-state index contributed by atoms with van der Waals surface area (Å²) in [5, 5.41) is 14.8. The van der Waals surface area contributed by atoms with Crippen LogP contribution >= 0.6 is 0 Å². The number of carbonyl (C=O) groups excluding carboxylic acids is 1. The third-order valence-corrected chi connectivity index (χ3v) is 4.87. The van der Waals surface area contributed by atoms with Gasteiger partial charge in [0.1, 0.15) is 11.9 Å². The number of aromatic nitrogens is 4. The average molecular weight is 416 g/mol. The molecule has 1 aliphatic rings. The molecule has 2 N–H and O–H groups in total. The number of benzene rings is 2. The van der Waals surface area contributed by atoms with E-state index in [-0.39, 0.29) is 6.10 Å². The van der Waals surface area contributed by atoms with E-state index in [4.69, 9.17) is 4.74 Å². The number of nitrogens with zero attached hydrogens (tertiary/aromatic N) is 4. The zero-order valence-electron chi connectivity index (χ0n) is 16.2. The first-order valence-corrected chi connectivity index (χ1v) is 9.68. The van der Waals surface area contributed by atoms with Crippen molar-refractivity contribution in [1.29, 1.82) is 0 Å². The third-order valence-electron chi connectivity index (χ3n) is 4.87. The van der Waals surface area contributed by atoms with Gasteiger partial charge in [0.25, 0.3) is 5.91 Å². The van der Waals surface area contributed by atoms with Crippen molar-refractivity contribution in [2.75, 3.05) is 18.4 Å². The minimum absolute atomic E-state index is 0.115. The Labute approximate surface area is 176 Å². The molecule has 1 fully saturated rings. The maximum atomic E-state index is 13.1. The smallest absolute Gasteiger partial charge is 0.256 e. The highest BCUT2D eigenvalue weighted by Crippen LogP contribution is 2.24. The third kappa shape index (κ3) is 4.17. The largest absolute Gasteiger partial charge is 0.471 e. The van der Waals surface area contributed by atoms with Crippen LogP contribution < -0.4 is 15.4 Å². The van der Waals surface area contributed by atoms with Gasteiger partial charge in [0.2, 0.25) is 5.88 Å². The van der Waals surface area contributed by atoms with E-state index in [0.29, 0.717) is 28.5 Å². The number of fused-ring (bicyclic) bond motifs is 1. The van der Waals surface area contributed by atoms with Crippen LogP contribution in [-0.4, -0.2) is 45.3 Å². The molecule has 5 rings (SSSR count). The Balaban J connectivity index is 1.39. The van der Waals surface area contributed by atoms with Crippen LogP contribution in [0.1, 0.15) is 10.4 Å². The Kier molecular flexibility index (Phi) is 4.93. The fraction of sp³-hybridized carbons (Fsp3) is 0.136.